The summed E-state index contributed by atoms with van der Waals surface area (Å²) in [5.74, 6) is 0.145. The minimum Gasteiger partial charge on any atom is -0.379 e. The third-order valence-electron chi connectivity index (χ3n) is 2.37. The molecule has 1 heterocycles. The molecule has 1 saturated heterocycles. The second-order valence-electron chi connectivity index (χ2n) is 3.28. The van der Waals surface area contributed by atoms with Gasteiger partial charge in [-0.25, -0.2) is 0 Å². The van der Waals surface area contributed by atoms with Gasteiger partial charge < -0.3 is 10.5 Å². The van der Waals surface area contributed by atoms with E-state index in [4.69, 9.17) is 10.5 Å². The summed E-state index contributed by atoms with van der Waals surface area (Å²) in [5, 5.41) is 0. The van der Waals surface area contributed by atoms with Crippen LogP contribution in [0.15, 0.2) is 0 Å². The number of hydrogen-bond donors (Lipinski definition) is 1. The lowest BCUT2D eigenvalue weighted by atomic mass is 9.77. The second-order valence-corrected chi connectivity index (χ2v) is 3.28. The van der Waals surface area contributed by atoms with E-state index in [2.05, 4.69) is 0 Å². The Hall–Kier alpha value is -0.410. The SMILES string of the molecule is CCC1(C(=O)C(C)N)COC1. The molecule has 0 aromatic heterocycles. The summed E-state index contributed by atoms with van der Waals surface area (Å²) >= 11 is 0. The van der Waals surface area contributed by atoms with Crippen LogP contribution in [0.25, 0.3) is 0 Å². The Bertz CT molecular complexity index is 156. The van der Waals surface area contributed by atoms with Crippen LogP contribution >= 0.6 is 0 Å². The zero-order valence-corrected chi connectivity index (χ0v) is 7.09. The van der Waals surface area contributed by atoms with E-state index < -0.39 is 0 Å². The number of carbonyl (C=O) groups is 1. The van der Waals surface area contributed by atoms with E-state index in [-0.39, 0.29) is 17.2 Å². The van der Waals surface area contributed by atoms with Crippen molar-refractivity contribution in [3.8, 4) is 0 Å². The highest BCUT2D eigenvalue weighted by molar-refractivity contribution is 5.90. The Morgan fingerprint density at radius 2 is 2.27 bits per heavy atom. The van der Waals surface area contributed by atoms with E-state index >= 15 is 0 Å². The molecule has 0 radical (unpaired) electrons. The molecule has 0 amide bonds. The van der Waals surface area contributed by atoms with Gasteiger partial charge in [-0.2, -0.15) is 0 Å². The van der Waals surface area contributed by atoms with Crippen molar-refractivity contribution in [1.29, 1.82) is 0 Å². The lowest BCUT2D eigenvalue weighted by molar-refractivity contribution is -0.160. The Morgan fingerprint density at radius 1 is 1.73 bits per heavy atom. The molecule has 1 rings (SSSR count). The average molecular weight is 157 g/mol. The van der Waals surface area contributed by atoms with Gasteiger partial charge in [-0.1, -0.05) is 6.92 Å². The van der Waals surface area contributed by atoms with Gasteiger partial charge >= 0.3 is 0 Å². The average Bonchev–Trinajstić information content (AvgIpc) is 1.86. The summed E-state index contributed by atoms with van der Waals surface area (Å²) in [4.78, 5) is 11.5. The molecule has 0 spiro atoms. The van der Waals surface area contributed by atoms with Gasteiger partial charge in [-0.05, 0) is 13.3 Å². The molecule has 1 fully saturated rings. The van der Waals surface area contributed by atoms with Crippen LogP contribution in [0.3, 0.4) is 0 Å². The minimum absolute atomic E-state index is 0.145. The predicted octanol–water partition coefficient (Wildman–Crippen LogP) is 0.329. The van der Waals surface area contributed by atoms with Crippen molar-refractivity contribution in [2.75, 3.05) is 13.2 Å². The van der Waals surface area contributed by atoms with Gasteiger partial charge in [-0.15, -0.1) is 0 Å². The number of carbonyl (C=O) groups excluding carboxylic acids is 1. The highest BCUT2D eigenvalue weighted by atomic mass is 16.5. The molecule has 2 N–H and O–H groups in total. The highest BCUT2D eigenvalue weighted by Crippen LogP contribution is 2.32. The Kier molecular flexibility index (Phi) is 2.30. The first kappa shape index (κ1) is 8.68. The molecule has 1 atom stereocenters. The van der Waals surface area contributed by atoms with E-state index in [1.54, 1.807) is 6.92 Å². The van der Waals surface area contributed by atoms with E-state index in [1.165, 1.54) is 0 Å². The number of ether oxygens (including phenoxy) is 1. The van der Waals surface area contributed by atoms with E-state index in [9.17, 15) is 4.79 Å². The first-order valence-corrected chi connectivity index (χ1v) is 4.00. The molecule has 1 aliphatic rings. The summed E-state index contributed by atoms with van der Waals surface area (Å²) in [6.07, 6.45) is 0.841. The number of Topliss-reactive ketones (excluding diaryl/α,β-unsaturated/α-hetero) is 1. The minimum atomic E-state index is -0.348. The summed E-state index contributed by atoms with van der Waals surface area (Å²) < 4.78 is 5.02. The molecule has 1 aliphatic heterocycles. The lowest BCUT2D eigenvalue weighted by Gasteiger charge is -2.40. The maximum Gasteiger partial charge on any atom is 0.159 e. The van der Waals surface area contributed by atoms with E-state index in [0.29, 0.717) is 13.2 Å². The number of ketones is 1. The standard InChI is InChI=1S/C8H15NO2/c1-3-8(4-11-5-8)7(10)6(2)9/h6H,3-5,9H2,1-2H3. The van der Waals surface area contributed by atoms with Crippen LogP contribution in [0.2, 0.25) is 0 Å². The van der Waals surface area contributed by atoms with Crippen LogP contribution in [0.4, 0.5) is 0 Å². The molecule has 0 aliphatic carbocycles. The molecule has 0 saturated carbocycles. The quantitative estimate of drug-likeness (QED) is 0.642. The zero-order valence-electron chi connectivity index (χ0n) is 7.09. The largest absolute Gasteiger partial charge is 0.379 e. The maximum atomic E-state index is 11.5. The van der Waals surface area contributed by atoms with Crippen LogP contribution in [-0.4, -0.2) is 25.0 Å². The monoisotopic (exact) mass is 157 g/mol. The third-order valence-corrected chi connectivity index (χ3v) is 2.37. The van der Waals surface area contributed by atoms with Crippen LogP contribution in [-0.2, 0) is 9.53 Å². The van der Waals surface area contributed by atoms with Crippen molar-refractivity contribution >= 4 is 5.78 Å². The van der Waals surface area contributed by atoms with Crippen LogP contribution in [0.1, 0.15) is 20.3 Å². The van der Waals surface area contributed by atoms with Gasteiger partial charge in [-0.3, -0.25) is 4.79 Å². The fourth-order valence-corrected chi connectivity index (χ4v) is 1.35. The van der Waals surface area contributed by atoms with Crippen molar-refractivity contribution in [2.45, 2.75) is 26.3 Å². The summed E-state index contributed by atoms with van der Waals surface area (Å²) in [6, 6.07) is -0.348. The predicted molar refractivity (Wildman–Crippen MR) is 42.2 cm³/mol. The molecule has 3 heteroatoms. The van der Waals surface area contributed by atoms with Crippen molar-refractivity contribution in [3.05, 3.63) is 0 Å². The smallest absolute Gasteiger partial charge is 0.159 e. The number of nitrogens with two attached hydrogens (primary N) is 1. The molecule has 0 aromatic rings. The lowest BCUT2D eigenvalue weighted by Crippen LogP contribution is -2.53. The van der Waals surface area contributed by atoms with Crippen molar-refractivity contribution in [3.63, 3.8) is 0 Å². The molecule has 1 unspecified atom stereocenters. The molecule has 64 valence electrons. The molecular formula is C8H15NO2. The first-order valence-electron chi connectivity index (χ1n) is 4.00. The van der Waals surface area contributed by atoms with Crippen LogP contribution in [0.5, 0.6) is 0 Å². The fraction of sp³-hybridized carbons (Fsp3) is 0.875. The Morgan fingerprint density at radius 3 is 2.36 bits per heavy atom. The molecule has 0 aromatic carbocycles. The normalized spacial score (nSPS) is 23.9. The third kappa shape index (κ3) is 1.30. The van der Waals surface area contributed by atoms with Gasteiger partial charge in [0.25, 0.3) is 0 Å². The Balaban J connectivity index is 2.62. The number of hydrogen-bond acceptors (Lipinski definition) is 3. The number of rotatable bonds is 3. The van der Waals surface area contributed by atoms with Crippen LogP contribution < -0.4 is 5.73 Å². The first-order chi connectivity index (χ1) is 5.12. The summed E-state index contributed by atoms with van der Waals surface area (Å²) in [6.45, 7) is 4.86. The zero-order chi connectivity index (χ0) is 8.48. The van der Waals surface area contributed by atoms with E-state index in [0.717, 1.165) is 6.42 Å². The van der Waals surface area contributed by atoms with Gasteiger partial charge in [0.1, 0.15) is 0 Å². The summed E-state index contributed by atoms with van der Waals surface area (Å²) in [7, 11) is 0. The molecule has 11 heavy (non-hydrogen) atoms. The highest BCUT2D eigenvalue weighted by Gasteiger charge is 2.44. The van der Waals surface area contributed by atoms with Gasteiger partial charge in [0.2, 0.25) is 0 Å². The van der Waals surface area contributed by atoms with Crippen molar-refractivity contribution in [2.24, 2.45) is 11.1 Å². The summed E-state index contributed by atoms with van der Waals surface area (Å²) in [5.41, 5.74) is 5.26. The molecular weight excluding hydrogens is 142 g/mol. The van der Waals surface area contributed by atoms with Gasteiger partial charge in [0, 0.05) is 0 Å². The van der Waals surface area contributed by atoms with Crippen LogP contribution in [0, 0.1) is 5.41 Å². The Labute approximate surface area is 66.9 Å². The topological polar surface area (TPSA) is 52.3 Å². The van der Waals surface area contributed by atoms with Gasteiger partial charge in [0.15, 0.2) is 5.78 Å². The van der Waals surface area contributed by atoms with E-state index in [1.807, 2.05) is 6.92 Å². The van der Waals surface area contributed by atoms with Crippen molar-refractivity contribution < 1.29 is 9.53 Å². The second kappa shape index (κ2) is 2.91. The molecule has 3 nitrogen and oxygen atoms in total. The van der Waals surface area contributed by atoms with Crippen molar-refractivity contribution in [1.82, 2.24) is 0 Å². The maximum absolute atomic E-state index is 11.5. The fourth-order valence-electron chi connectivity index (χ4n) is 1.35. The van der Waals surface area contributed by atoms with Gasteiger partial charge in [0.05, 0.1) is 24.7 Å². The molecule has 0 bridgehead atoms.